The molecule has 2 unspecified atom stereocenters. The van der Waals surface area contributed by atoms with Crippen molar-refractivity contribution < 1.29 is 27.2 Å². The Morgan fingerprint density at radius 1 is 1.07 bits per heavy atom. The molecule has 2 atom stereocenters. The third kappa shape index (κ3) is 5.47. The van der Waals surface area contributed by atoms with E-state index in [1.807, 2.05) is 6.07 Å². The van der Waals surface area contributed by atoms with Crippen LogP contribution in [0.2, 0.25) is 0 Å². The van der Waals surface area contributed by atoms with Gasteiger partial charge in [-0.25, -0.2) is 9.37 Å². The summed E-state index contributed by atoms with van der Waals surface area (Å²) in [5.41, 5.74) is 3.21. The number of aromatic nitrogens is 2. The molecule has 1 aliphatic rings. The van der Waals surface area contributed by atoms with Gasteiger partial charge in [-0.15, -0.1) is 0 Å². The molecular formula is C30H26F4N4O2. The number of hydrogen-bond donors (Lipinski definition) is 2. The molecule has 0 aliphatic carbocycles. The van der Waals surface area contributed by atoms with Gasteiger partial charge < -0.3 is 15.2 Å². The lowest BCUT2D eigenvalue weighted by molar-refractivity contribution is -0.139. The smallest absolute Gasteiger partial charge is 0.357 e. The first-order chi connectivity index (χ1) is 19.0. The van der Waals surface area contributed by atoms with Gasteiger partial charge in [0.25, 0.3) is 5.91 Å². The number of rotatable bonds is 6. The Hall–Kier alpha value is -4.47. The van der Waals surface area contributed by atoms with Crippen molar-refractivity contribution in [3.05, 3.63) is 95.6 Å². The first-order valence-corrected chi connectivity index (χ1v) is 12.7. The van der Waals surface area contributed by atoms with E-state index in [1.165, 1.54) is 42.4 Å². The summed E-state index contributed by atoms with van der Waals surface area (Å²) in [5.74, 6) is -2.49. The molecule has 3 heterocycles. The van der Waals surface area contributed by atoms with Crippen LogP contribution in [0.25, 0.3) is 22.4 Å². The Labute approximate surface area is 228 Å². The van der Waals surface area contributed by atoms with Gasteiger partial charge >= 0.3 is 6.18 Å². The van der Waals surface area contributed by atoms with E-state index >= 15 is 0 Å². The van der Waals surface area contributed by atoms with E-state index in [0.29, 0.717) is 27.9 Å². The number of pyridine rings is 1. The highest BCUT2D eigenvalue weighted by molar-refractivity contribution is 6.07. The average Bonchev–Trinajstić information content (AvgIpc) is 3.33. The summed E-state index contributed by atoms with van der Waals surface area (Å²) in [6.07, 6.45) is -4.02. The van der Waals surface area contributed by atoms with Gasteiger partial charge in [-0.3, -0.25) is 9.59 Å². The summed E-state index contributed by atoms with van der Waals surface area (Å²) in [6.45, 7) is 1.61. The largest absolute Gasteiger partial charge is 0.389 e. The third-order valence-corrected chi connectivity index (χ3v) is 7.10. The van der Waals surface area contributed by atoms with Gasteiger partial charge in [-0.2, -0.15) is 13.2 Å². The van der Waals surface area contributed by atoms with Crippen LogP contribution >= 0.6 is 0 Å². The molecule has 2 aromatic heterocycles. The number of anilines is 1. The monoisotopic (exact) mass is 550 g/mol. The maximum atomic E-state index is 13.5. The molecular weight excluding hydrogens is 524 g/mol. The number of aromatic amines is 1. The van der Waals surface area contributed by atoms with Crippen molar-refractivity contribution in [1.29, 1.82) is 0 Å². The fourth-order valence-corrected chi connectivity index (χ4v) is 5.09. The van der Waals surface area contributed by atoms with Gasteiger partial charge in [0.1, 0.15) is 11.6 Å². The number of hydrogen-bond acceptors (Lipinski definition) is 3. The number of H-pyrrole nitrogens is 1. The van der Waals surface area contributed by atoms with Gasteiger partial charge in [-0.05, 0) is 42.3 Å². The molecule has 6 nitrogen and oxygen atoms in total. The van der Waals surface area contributed by atoms with Crippen LogP contribution in [0.1, 0.15) is 46.8 Å². The Balaban J connectivity index is 1.56. The minimum atomic E-state index is -4.42. The number of likely N-dealkylation sites (N-methyl/N-ethyl adjacent to an activating group) is 1. The van der Waals surface area contributed by atoms with Crippen LogP contribution < -0.4 is 5.32 Å². The molecule has 0 fully saturated rings. The van der Waals surface area contributed by atoms with E-state index in [4.69, 9.17) is 0 Å². The van der Waals surface area contributed by atoms with Crippen molar-refractivity contribution >= 4 is 17.6 Å². The van der Waals surface area contributed by atoms with E-state index in [-0.39, 0.29) is 35.4 Å². The van der Waals surface area contributed by atoms with E-state index in [2.05, 4.69) is 15.3 Å². The molecule has 206 valence electrons. The maximum absolute atomic E-state index is 13.5. The van der Waals surface area contributed by atoms with Crippen molar-refractivity contribution in [1.82, 2.24) is 14.9 Å². The number of carbonyl (C=O) groups excluding carboxylic acids is 2. The summed E-state index contributed by atoms with van der Waals surface area (Å²) in [4.78, 5) is 35.0. The van der Waals surface area contributed by atoms with Gasteiger partial charge in [0, 0.05) is 42.5 Å². The fourth-order valence-electron chi connectivity index (χ4n) is 5.09. The van der Waals surface area contributed by atoms with Crippen LogP contribution in [0.4, 0.5) is 23.4 Å². The van der Waals surface area contributed by atoms with E-state index in [0.717, 1.165) is 0 Å². The highest BCUT2D eigenvalue weighted by Gasteiger charge is 2.41. The molecule has 1 aliphatic heterocycles. The topological polar surface area (TPSA) is 78.1 Å². The summed E-state index contributed by atoms with van der Waals surface area (Å²) < 4.78 is 53.8. The van der Waals surface area contributed by atoms with E-state index in [9.17, 15) is 27.2 Å². The molecule has 40 heavy (non-hydrogen) atoms. The number of carbonyl (C=O) groups is 2. The second-order valence-electron chi connectivity index (χ2n) is 9.92. The van der Waals surface area contributed by atoms with Gasteiger partial charge in [0.05, 0.1) is 23.6 Å². The predicted octanol–water partition coefficient (Wildman–Crippen LogP) is 6.75. The number of fused-ring (bicyclic) bond motifs is 1. The van der Waals surface area contributed by atoms with Gasteiger partial charge in [-0.1, -0.05) is 42.5 Å². The maximum Gasteiger partial charge on any atom is 0.389 e. The Bertz CT molecular complexity index is 1550. The van der Waals surface area contributed by atoms with Crippen molar-refractivity contribution in [3.63, 3.8) is 0 Å². The molecule has 5 rings (SSSR count). The summed E-state index contributed by atoms with van der Waals surface area (Å²) in [7, 11) is 1.50. The van der Waals surface area contributed by atoms with Crippen LogP contribution in [-0.4, -0.2) is 46.5 Å². The zero-order chi connectivity index (χ0) is 28.6. The number of amides is 2. The van der Waals surface area contributed by atoms with Gasteiger partial charge in [0.15, 0.2) is 0 Å². The third-order valence-electron chi connectivity index (χ3n) is 7.10. The van der Waals surface area contributed by atoms with Crippen molar-refractivity contribution in [2.45, 2.75) is 31.4 Å². The Kier molecular flexibility index (Phi) is 7.18. The minimum Gasteiger partial charge on any atom is -0.357 e. The van der Waals surface area contributed by atoms with Crippen LogP contribution in [-0.2, 0) is 4.79 Å². The first kappa shape index (κ1) is 27.1. The molecule has 4 aromatic rings. The lowest BCUT2D eigenvalue weighted by atomic mass is 9.89. The molecule has 10 heteroatoms. The summed E-state index contributed by atoms with van der Waals surface area (Å²) in [5, 5.41) is 2.76. The van der Waals surface area contributed by atoms with Crippen molar-refractivity contribution in [2.75, 3.05) is 18.9 Å². The SMILES string of the molecule is CC(C(=O)Nc1cc(-c2[nH]c3c(c2-c2ccccc2)C(=O)N(C)CC3CC(F)(F)F)ccn1)c1ccc(F)cc1. The lowest BCUT2D eigenvalue weighted by Gasteiger charge is -2.30. The van der Waals surface area contributed by atoms with Crippen LogP contribution in [0, 0.1) is 5.82 Å². The Morgan fingerprint density at radius 2 is 1.77 bits per heavy atom. The normalized spacial score (nSPS) is 16.0. The molecule has 2 amide bonds. The number of nitrogens with zero attached hydrogens (tertiary/aromatic N) is 2. The first-order valence-electron chi connectivity index (χ1n) is 12.7. The molecule has 0 spiro atoms. The second kappa shape index (κ2) is 10.6. The average molecular weight is 551 g/mol. The second-order valence-corrected chi connectivity index (χ2v) is 9.92. The standard InChI is InChI=1S/C30H26F4N4O2/c1-17(18-8-10-22(31)11-9-18)28(39)36-23-14-20(12-13-35-23)26-24(19-6-4-3-5-7-19)25-27(37-26)21(15-30(32,33)34)16-38(2)29(25)40/h3-14,17,21,37H,15-16H2,1-2H3,(H,35,36,39). The molecule has 2 aromatic carbocycles. The molecule has 0 saturated carbocycles. The van der Waals surface area contributed by atoms with Gasteiger partial charge in [0.2, 0.25) is 5.91 Å². The molecule has 2 N–H and O–H groups in total. The highest BCUT2D eigenvalue weighted by atomic mass is 19.4. The van der Waals surface area contributed by atoms with Crippen LogP contribution in [0.3, 0.4) is 0 Å². The van der Waals surface area contributed by atoms with E-state index in [1.54, 1.807) is 43.3 Å². The molecule has 0 saturated heterocycles. The summed E-state index contributed by atoms with van der Waals surface area (Å²) in [6, 6.07) is 17.9. The number of benzene rings is 2. The zero-order valence-electron chi connectivity index (χ0n) is 21.7. The Morgan fingerprint density at radius 3 is 2.45 bits per heavy atom. The van der Waals surface area contributed by atoms with Crippen LogP contribution in [0.15, 0.2) is 72.9 Å². The number of halogens is 4. The van der Waals surface area contributed by atoms with E-state index < -0.39 is 30.3 Å². The zero-order valence-corrected chi connectivity index (χ0v) is 21.7. The molecule has 0 radical (unpaired) electrons. The molecule has 0 bridgehead atoms. The lowest BCUT2D eigenvalue weighted by Crippen LogP contribution is -2.38. The predicted molar refractivity (Wildman–Crippen MR) is 143 cm³/mol. The number of nitrogens with one attached hydrogen (secondary N) is 2. The fraction of sp³-hybridized carbons (Fsp3) is 0.233. The minimum absolute atomic E-state index is 0.0710. The summed E-state index contributed by atoms with van der Waals surface area (Å²) >= 11 is 0. The quantitative estimate of drug-likeness (QED) is 0.261. The van der Waals surface area contributed by atoms with Crippen molar-refractivity contribution in [3.8, 4) is 22.4 Å². The van der Waals surface area contributed by atoms with Crippen molar-refractivity contribution in [2.24, 2.45) is 0 Å². The highest BCUT2D eigenvalue weighted by Crippen LogP contribution is 2.44. The number of alkyl halides is 3. The van der Waals surface area contributed by atoms with Crippen LogP contribution in [0.5, 0.6) is 0 Å².